The molecule has 3 rings (SSSR count). The van der Waals surface area contributed by atoms with Crippen LogP contribution in [0.15, 0.2) is 53.7 Å². The van der Waals surface area contributed by atoms with Gasteiger partial charge in [0.05, 0.1) is 31.0 Å². The summed E-state index contributed by atoms with van der Waals surface area (Å²) in [6.45, 7) is 3.38. The maximum Gasteiger partial charge on any atom is 0.338 e. The lowest BCUT2D eigenvalue weighted by molar-refractivity contribution is -0.139. The van der Waals surface area contributed by atoms with Gasteiger partial charge in [0.1, 0.15) is 5.75 Å². The molecule has 2 aromatic carbocycles. The van der Waals surface area contributed by atoms with Crippen molar-refractivity contribution in [1.29, 1.82) is 0 Å². The number of allylic oxidation sites excluding steroid dienone is 1. The Morgan fingerprint density at radius 2 is 1.83 bits per heavy atom. The molecular formula is C21H20F2N2O4. The highest BCUT2D eigenvalue weighted by Gasteiger charge is 2.37. The minimum Gasteiger partial charge on any atom is -0.497 e. The summed E-state index contributed by atoms with van der Waals surface area (Å²) < 4.78 is 37.4. The number of methoxy groups -OCH3 is 1. The second-order valence-corrected chi connectivity index (χ2v) is 6.31. The van der Waals surface area contributed by atoms with Gasteiger partial charge in [0.2, 0.25) is 0 Å². The van der Waals surface area contributed by atoms with Crippen molar-refractivity contribution in [1.82, 2.24) is 5.32 Å². The largest absolute Gasteiger partial charge is 0.497 e. The molecule has 1 atom stereocenters. The van der Waals surface area contributed by atoms with E-state index in [2.05, 4.69) is 5.32 Å². The van der Waals surface area contributed by atoms with Gasteiger partial charge in [-0.25, -0.2) is 18.4 Å². The van der Waals surface area contributed by atoms with Crippen LogP contribution in [-0.2, 0) is 9.53 Å². The average Bonchev–Trinajstić information content (AvgIpc) is 2.70. The average molecular weight is 402 g/mol. The van der Waals surface area contributed by atoms with Crippen LogP contribution in [-0.4, -0.2) is 25.7 Å². The highest BCUT2D eigenvalue weighted by atomic mass is 19.2. The van der Waals surface area contributed by atoms with Crippen molar-refractivity contribution in [3.8, 4) is 5.75 Å². The lowest BCUT2D eigenvalue weighted by Gasteiger charge is -2.35. The van der Waals surface area contributed by atoms with Crippen molar-refractivity contribution in [2.45, 2.75) is 19.9 Å². The van der Waals surface area contributed by atoms with Crippen molar-refractivity contribution < 1.29 is 27.8 Å². The van der Waals surface area contributed by atoms with Gasteiger partial charge >= 0.3 is 12.0 Å². The molecule has 29 heavy (non-hydrogen) atoms. The number of benzene rings is 2. The first kappa shape index (κ1) is 20.3. The summed E-state index contributed by atoms with van der Waals surface area (Å²) in [7, 11) is 1.53. The third kappa shape index (κ3) is 3.91. The van der Waals surface area contributed by atoms with E-state index in [0.29, 0.717) is 17.1 Å². The number of urea groups is 1. The highest BCUT2D eigenvalue weighted by molar-refractivity contribution is 6.03. The van der Waals surface area contributed by atoms with Crippen LogP contribution < -0.4 is 15.0 Å². The van der Waals surface area contributed by atoms with Crippen LogP contribution in [0.4, 0.5) is 19.3 Å². The number of carbonyl (C=O) groups is 2. The van der Waals surface area contributed by atoms with Crippen LogP contribution in [0, 0.1) is 11.6 Å². The molecule has 1 heterocycles. The van der Waals surface area contributed by atoms with E-state index < -0.39 is 29.7 Å². The third-order valence-corrected chi connectivity index (χ3v) is 4.59. The van der Waals surface area contributed by atoms with E-state index in [1.807, 2.05) is 0 Å². The minimum atomic E-state index is -1.07. The Kier molecular flexibility index (Phi) is 5.81. The molecule has 152 valence electrons. The number of hydrogen-bond donors (Lipinski definition) is 1. The second kappa shape index (κ2) is 8.30. The Balaban J connectivity index is 2.11. The Morgan fingerprint density at radius 3 is 2.41 bits per heavy atom. The van der Waals surface area contributed by atoms with E-state index in [9.17, 15) is 18.4 Å². The van der Waals surface area contributed by atoms with E-state index >= 15 is 0 Å². The number of amides is 2. The first-order valence-corrected chi connectivity index (χ1v) is 8.94. The predicted molar refractivity (Wildman–Crippen MR) is 102 cm³/mol. The van der Waals surface area contributed by atoms with E-state index in [1.54, 1.807) is 38.1 Å². The SMILES string of the molecule is CCOC(=O)C1=C(C)N(c2ccc(OC)cc2)C(=O)N[C@@H]1c1ccc(F)c(F)c1. The summed E-state index contributed by atoms with van der Waals surface area (Å²) in [5, 5.41) is 2.68. The quantitative estimate of drug-likeness (QED) is 0.766. The number of carbonyl (C=O) groups excluding carboxylic acids is 2. The topological polar surface area (TPSA) is 67.9 Å². The van der Waals surface area contributed by atoms with Crippen LogP contribution in [0.25, 0.3) is 0 Å². The fraction of sp³-hybridized carbons (Fsp3) is 0.238. The molecule has 0 bridgehead atoms. The molecule has 0 fully saturated rings. The van der Waals surface area contributed by atoms with Crippen molar-refractivity contribution in [3.05, 3.63) is 70.9 Å². The Hall–Kier alpha value is -3.42. The molecule has 0 unspecified atom stereocenters. The monoisotopic (exact) mass is 402 g/mol. The molecule has 6 nitrogen and oxygen atoms in total. The van der Waals surface area contributed by atoms with Crippen molar-refractivity contribution in [3.63, 3.8) is 0 Å². The maximum atomic E-state index is 13.8. The van der Waals surface area contributed by atoms with Crippen molar-refractivity contribution in [2.75, 3.05) is 18.6 Å². The molecule has 0 saturated carbocycles. The zero-order valence-electron chi connectivity index (χ0n) is 16.2. The summed E-state index contributed by atoms with van der Waals surface area (Å²) in [5.41, 5.74) is 1.20. The summed E-state index contributed by atoms with van der Waals surface area (Å²) >= 11 is 0. The Morgan fingerprint density at radius 1 is 1.14 bits per heavy atom. The third-order valence-electron chi connectivity index (χ3n) is 4.59. The standard InChI is InChI=1S/C21H20F2N2O4/c1-4-29-20(26)18-12(2)25(14-6-8-15(28-3)9-7-14)21(27)24-19(18)13-5-10-16(22)17(23)11-13/h5-11,19H,4H2,1-3H3,(H,24,27)/t19-/m1/s1. The number of nitrogens with one attached hydrogen (secondary N) is 1. The molecule has 0 saturated heterocycles. The van der Waals surface area contributed by atoms with Crippen LogP contribution in [0.5, 0.6) is 5.75 Å². The maximum absolute atomic E-state index is 13.8. The van der Waals surface area contributed by atoms with Crippen LogP contribution in [0.2, 0.25) is 0 Å². The van der Waals surface area contributed by atoms with Gasteiger partial charge in [-0.2, -0.15) is 0 Å². The number of hydrogen-bond acceptors (Lipinski definition) is 4. The van der Waals surface area contributed by atoms with E-state index in [1.165, 1.54) is 18.1 Å². The summed E-state index contributed by atoms with van der Waals surface area (Å²) in [5.74, 6) is -2.14. The van der Waals surface area contributed by atoms with E-state index in [4.69, 9.17) is 9.47 Å². The zero-order valence-corrected chi connectivity index (χ0v) is 16.2. The van der Waals surface area contributed by atoms with Gasteiger partial charge in [0.15, 0.2) is 11.6 Å². The molecule has 2 aromatic rings. The van der Waals surface area contributed by atoms with Gasteiger partial charge in [-0.05, 0) is 55.8 Å². The van der Waals surface area contributed by atoms with Crippen molar-refractivity contribution >= 4 is 17.7 Å². The van der Waals surface area contributed by atoms with Gasteiger partial charge in [-0.15, -0.1) is 0 Å². The molecule has 0 aromatic heterocycles. The highest BCUT2D eigenvalue weighted by Crippen LogP contribution is 2.35. The molecule has 1 aliphatic rings. The van der Waals surface area contributed by atoms with Gasteiger partial charge in [0.25, 0.3) is 0 Å². The predicted octanol–water partition coefficient (Wildman–Crippen LogP) is 4.08. The van der Waals surface area contributed by atoms with Gasteiger partial charge in [0, 0.05) is 5.70 Å². The normalized spacial score (nSPS) is 16.5. The molecule has 0 aliphatic carbocycles. The first-order chi connectivity index (χ1) is 13.9. The number of esters is 1. The van der Waals surface area contributed by atoms with E-state index in [0.717, 1.165) is 12.1 Å². The number of halogens is 2. The molecule has 1 aliphatic heterocycles. The Labute approximate surface area is 166 Å². The van der Waals surface area contributed by atoms with E-state index in [-0.39, 0.29) is 17.7 Å². The summed E-state index contributed by atoms with van der Waals surface area (Å²) in [6, 6.07) is 8.43. The molecule has 8 heteroatoms. The Bertz CT molecular complexity index is 973. The molecular weight excluding hydrogens is 382 g/mol. The fourth-order valence-electron chi connectivity index (χ4n) is 3.20. The zero-order chi connectivity index (χ0) is 21.1. The van der Waals surface area contributed by atoms with Gasteiger partial charge in [-0.3, -0.25) is 4.90 Å². The van der Waals surface area contributed by atoms with Crippen LogP contribution in [0.1, 0.15) is 25.5 Å². The van der Waals surface area contributed by atoms with Crippen LogP contribution >= 0.6 is 0 Å². The number of nitrogens with zero attached hydrogens (tertiary/aromatic N) is 1. The smallest absolute Gasteiger partial charge is 0.338 e. The molecule has 0 spiro atoms. The number of ether oxygens (including phenoxy) is 2. The number of anilines is 1. The van der Waals surface area contributed by atoms with Gasteiger partial charge in [-0.1, -0.05) is 6.07 Å². The minimum absolute atomic E-state index is 0.122. The fourth-order valence-corrected chi connectivity index (χ4v) is 3.20. The molecule has 1 N–H and O–H groups in total. The molecule has 0 radical (unpaired) electrons. The lowest BCUT2D eigenvalue weighted by Crippen LogP contribution is -2.48. The lowest BCUT2D eigenvalue weighted by atomic mass is 9.94. The van der Waals surface area contributed by atoms with Gasteiger partial charge < -0.3 is 14.8 Å². The number of rotatable bonds is 5. The summed E-state index contributed by atoms with van der Waals surface area (Å²) in [6.07, 6.45) is 0. The summed E-state index contributed by atoms with van der Waals surface area (Å²) in [4.78, 5) is 26.9. The molecule has 2 amide bonds. The van der Waals surface area contributed by atoms with Crippen LogP contribution in [0.3, 0.4) is 0 Å². The van der Waals surface area contributed by atoms with Crippen molar-refractivity contribution in [2.24, 2.45) is 0 Å². The second-order valence-electron chi connectivity index (χ2n) is 6.31. The first-order valence-electron chi connectivity index (χ1n) is 8.94.